The second-order valence-electron chi connectivity index (χ2n) is 4.56. The van der Waals surface area contributed by atoms with E-state index in [1.807, 2.05) is 0 Å². The van der Waals surface area contributed by atoms with Crippen LogP contribution in [0.4, 0.5) is 0 Å². The van der Waals surface area contributed by atoms with Crippen molar-refractivity contribution < 1.29 is 24.3 Å². The van der Waals surface area contributed by atoms with Crippen LogP contribution in [-0.2, 0) is 19.2 Å². The number of rotatable bonds is 7. The molecule has 0 spiro atoms. The summed E-state index contributed by atoms with van der Waals surface area (Å²) in [6, 6.07) is 0. The van der Waals surface area contributed by atoms with Crippen LogP contribution in [0.1, 0.15) is 19.8 Å². The maximum atomic E-state index is 11.8. The van der Waals surface area contributed by atoms with Crippen molar-refractivity contribution in [1.29, 1.82) is 0 Å². The topological polar surface area (TPSA) is 104 Å². The molecule has 8 heteroatoms. The van der Waals surface area contributed by atoms with E-state index in [0.717, 1.165) is 11.8 Å². The Labute approximate surface area is 121 Å². The highest BCUT2D eigenvalue weighted by Crippen LogP contribution is 2.17. The molecule has 1 saturated heterocycles. The first-order valence-electron chi connectivity index (χ1n) is 6.32. The molecule has 1 aliphatic heterocycles. The molecule has 0 unspecified atom stereocenters. The standard InChI is InChI=1S/C12H18N2O5S/c1-8-2-3-10(16)14(12(8)19)5-4-13-9(15)6-20-7-11(17)18/h8H,2-7H2,1H3,(H,13,15)(H,17,18)/t8-/m0/s1. The third-order valence-electron chi connectivity index (χ3n) is 2.90. The van der Waals surface area contributed by atoms with Gasteiger partial charge in [0.2, 0.25) is 17.7 Å². The first-order chi connectivity index (χ1) is 9.41. The number of carbonyl (C=O) groups is 4. The zero-order valence-electron chi connectivity index (χ0n) is 11.3. The predicted octanol–water partition coefficient (Wildman–Crippen LogP) is -0.294. The molecule has 0 aromatic carbocycles. The quantitative estimate of drug-likeness (QED) is 0.626. The summed E-state index contributed by atoms with van der Waals surface area (Å²) in [4.78, 5) is 46.2. The summed E-state index contributed by atoms with van der Waals surface area (Å²) in [6.45, 7) is 2.14. The Kier molecular flexibility index (Phi) is 6.50. The Morgan fingerprint density at radius 1 is 1.40 bits per heavy atom. The predicted molar refractivity (Wildman–Crippen MR) is 73.1 cm³/mol. The number of piperidine rings is 1. The summed E-state index contributed by atoms with van der Waals surface area (Å²) in [6.07, 6.45) is 0.932. The van der Waals surface area contributed by atoms with Crippen LogP contribution >= 0.6 is 11.8 Å². The molecule has 20 heavy (non-hydrogen) atoms. The number of nitrogens with one attached hydrogen (secondary N) is 1. The summed E-state index contributed by atoms with van der Waals surface area (Å²) < 4.78 is 0. The van der Waals surface area contributed by atoms with Gasteiger partial charge in [0.25, 0.3) is 0 Å². The highest BCUT2D eigenvalue weighted by Gasteiger charge is 2.30. The lowest BCUT2D eigenvalue weighted by Crippen LogP contribution is -2.47. The Bertz CT molecular complexity index is 413. The molecule has 7 nitrogen and oxygen atoms in total. The zero-order valence-corrected chi connectivity index (χ0v) is 12.1. The first kappa shape index (κ1) is 16.5. The van der Waals surface area contributed by atoms with Crippen molar-refractivity contribution in [3.05, 3.63) is 0 Å². The molecule has 112 valence electrons. The van der Waals surface area contributed by atoms with Gasteiger partial charge in [0.05, 0.1) is 11.5 Å². The molecule has 0 bridgehead atoms. The second kappa shape index (κ2) is 7.88. The Morgan fingerprint density at radius 2 is 2.10 bits per heavy atom. The molecule has 1 heterocycles. The average Bonchev–Trinajstić information content (AvgIpc) is 2.38. The molecule has 1 aliphatic rings. The molecule has 0 aromatic rings. The fourth-order valence-corrected chi connectivity index (χ4v) is 2.38. The van der Waals surface area contributed by atoms with Crippen molar-refractivity contribution in [2.75, 3.05) is 24.6 Å². The number of thioether (sulfide) groups is 1. The van der Waals surface area contributed by atoms with Gasteiger partial charge in [-0.15, -0.1) is 11.8 Å². The van der Waals surface area contributed by atoms with Crippen LogP contribution in [0.15, 0.2) is 0 Å². The molecule has 2 N–H and O–H groups in total. The van der Waals surface area contributed by atoms with Gasteiger partial charge in [0.15, 0.2) is 0 Å². The largest absolute Gasteiger partial charge is 0.481 e. The van der Waals surface area contributed by atoms with Gasteiger partial charge >= 0.3 is 5.97 Å². The number of amides is 3. The highest BCUT2D eigenvalue weighted by atomic mass is 32.2. The van der Waals surface area contributed by atoms with E-state index in [0.29, 0.717) is 12.8 Å². The first-order valence-corrected chi connectivity index (χ1v) is 7.47. The van der Waals surface area contributed by atoms with Crippen molar-refractivity contribution in [2.24, 2.45) is 5.92 Å². The van der Waals surface area contributed by atoms with Crippen LogP contribution in [0.25, 0.3) is 0 Å². The highest BCUT2D eigenvalue weighted by molar-refractivity contribution is 8.00. The van der Waals surface area contributed by atoms with Gasteiger partial charge in [-0.25, -0.2) is 0 Å². The van der Waals surface area contributed by atoms with Crippen molar-refractivity contribution in [3.63, 3.8) is 0 Å². The van der Waals surface area contributed by atoms with Crippen molar-refractivity contribution >= 4 is 35.5 Å². The number of carboxylic acids is 1. The normalized spacial score (nSPS) is 19.1. The van der Waals surface area contributed by atoms with Crippen LogP contribution < -0.4 is 5.32 Å². The van der Waals surface area contributed by atoms with Crippen LogP contribution in [0.5, 0.6) is 0 Å². The Balaban J connectivity index is 2.25. The lowest BCUT2D eigenvalue weighted by atomic mass is 9.99. The van der Waals surface area contributed by atoms with E-state index in [9.17, 15) is 19.2 Å². The lowest BCUT2D eigenvalue weighted by molar-refractivity contribution is -0.151. The van der Waals surface area contributed by atoms with Gasteiger partial charge in [-0.1, -0.05) is 6.92 Å². The molecule has 1 atom stereocenters. The number of imide groups is 1. The van der Waals surface area contributed by atoms with E-state index in [-0.39, 0.29) is 48.2 Å². The maximum Gasteiger partial charge on any atom is 0.313 e. The molecule has 0 saturated carbocycles. The molecule has 3 amide bonds. The van der Waals surface area contributed by atoms with Crippen LogP contribution in [-0.4, -0.2) is 58.3 Å². The van der Waals surface area contributed by atoms with Gasteiger partial charge in [-0.2, -0.15) is 0 Å². The van der Waals surface area contributed by atoms with Crippen LogP contribution in [0.3, 0.4) is 0 Å². The molecule has 0 radical (unpaired) electrons. The van der Waals surface area contributed by atoms with E-state index in [1.54, 1.807) is 6.92 Å². The van der Waals surface area contributed by atoms with Gasteiger partial charge in [0.1, 0.15) is 0 Å². The lowest BCUT2D eigenvalue weighted by Gasteiger charge is -2.28. The van der Waals surface area contributed by atoms with E-state index in [2.05, 4.69) is 5.32 Å². The van der Waals surface area contributed by atoms with Gasteiger partial charge in [0, 0.05) is 25.4 Å². The monoisotopic (exact) mass is 302 g/mol. The third kappa shape index (κ3) is 5.20. The molecule has 1 rings (SSSR count). The van der Waals surface area contributed by atoms with E-state index in [1.165, 1.54) is 4.90 Å². The molecule has 0 aromatic heterocycles. The summed E-state index contributed by atoms with van der Waals surface area (Å²) in [5.41, 5.74) is 0. The van der Waals surface area contributed by atoms with Crippen LogP contribution in [0, 0.1) is 5.92 Å². The number of aliphatic carboxylic acids is 1. The minimum Gasteiger partial charge on any atom is -0.481 e. The van der Waals surface area contributed by atoms with Crippen LogP contribution in [0.2, 0.25) is 0 Å². The van der Waals surface area contributed by atoms with Crippen molar-refractivity contribution in [2.45, 2.75) is 19.8 Å². The summed E-state index contributed by atoms with van der Waals surface area (Å²) in [5, 5.41) is 11.0. The number of nitrogens with zero attached hydrogens (tertiary/aromatic N) is 1. The van der Waals surface area contributed by atoms with E-state index in [4.69, 9.17) is 5.11 Å². The number of carboxylic acid groups (broad SMARTS) is 1. The van der Waals surface area contributed by atoms with E-state index >= 15 is 0 Å². The van der Waals surface area contributed by atoms with E-state index < -0.39 is 5.97 Å². The van der Waals surface area contributed by atoms with Gasteiger partial charge < -0.3 is 10.4 Å². The van der Waals surface area contributed by atoms with Crippen molar-refractivity contribution in [1.82, 2.24) is 10.2 Å². The number of hydrogen-bond acceptors (Lipinski definition) is 5. The molecule has 0 aliphatic carbocycles. The number of carbonyl (C=O) groups excluding carboxylic acids is 3. The maximum absolute atomic E-state index is 11.8. The number of hydrogen-bond donors (Lipinski definition) is 2. The number of likely N-dealkylation sites (tertiary alicyclic amines) is 1. The fraction of sp³-hybridized carbons (Fsp3) is 0.667. The molecule has 1 fully saturated rings. The summed E-state index contributed by atoms with van der Waals surface area (Å²) >= 11 is 0.998. The van der Waals surface area contributed by atoms with Gasteiger partial charge in [-0.05, 0) is 6.42 Å². The zero-order chi connectivity index (χ0) is 15.1. The molecular weight excluding hydrogens is 284 g/mol. The van der Waals surface area contributed by atoms with Gasteiger partial charge in [-0.3, -0.25) is 24.1 Å². The smallest absolute Gasteiger partial charge is 0.313 e. The Morgan fingerprint density at radius 3 is 2.75 bits per heavy atom. The minimum atomic E-state index is -0.971. The Hall–Kier alpha value is -1.57. The summed E-state index contributed by atoms with van der Waals surface area (Å²) in [5.74, 6) is -1.92. The summed E-state index contributed by atoms with van der Waals surface area (Å²) in [7, 11) is 0. The fourth-order valence-electron chi connectivity index (χ4n) is 1.81. The van der Waals surface area contributed by atoms with Crippen molar-refractivity contribution in [3.8, 4) is 0 Å². The molecular formula is C12H18N2O5S. The third-order valence-corrected chi connectivity index (χ3v) is 3.81. The SMILES string of the molecule is C[C@H]1CCC(=O)N(CCNC(=O)CSCC(=O)O)C1=O. The average molecular weight is 302 g/mol. The minimum absolute atomic E-state index is 0.0462. The second-order valence-corrected chi connectivity index (χ2v) is 5.55.